The molecule has 0 saturated carbocycles. The highest BCUT2D eigenvalue weighted by molar-refractivity contribution is 5.56. The molecule has 18 heavy (non-hydrogen) atoms. The Labute approximate surface area is 107 Å². The van der Waals surface area contributed by atoms with Crippen LogP contribution in [0, 0.1) is 10.1 Å². The van der Waals surface area contributed by atoms with Crippen molar-refractivity contribution in [2.75, 3.05) is 11.9 Å². The predicted octanol–water partition coefficient (Wildman–Crippen LogP) is 3.59. The summed E-state index contributed by atoms with van der Waals surface area (Å²) in [6.07, 6.45) is 2.02. The van der Waals surface area contributed by atoms with Gasteiger partial charge in [0.25, 0.3) is 5.69 Å². The Morgan fingerprint density at radius 1 is 1.39 bits per heavy atom. The molecule has 1 aromatic carbocycles. The van der Waals surface area contributed by atoms with Gasteiger partial charge < -0.3 is 10.1 Å². The summed E-state index contributed by atoms with van der Waals surface area (Å²) in [5.41, 5.74) is 0.762. The number of nitro groups is 1. The van der Waals surface area contributed by atoms with Gasteiger partial charge in [-0.25, -0.2) is 0 Å². The molecule has 0 spiro atoms. The summed E-state index contributed by atoms with van der Waals surface area (Å²) < 4.78 is 5.69. The van der Waals surface area contributed by atoms with Crippen LogP contribution in [0.5, 0.6) is 5.75 Å². The van der Waals surface area contributed by atoms with E-state index in [0.29, 0.717) is 18.0 Å². The largest absolute Gasteiger partial charge is 0.490 e. The van der Waals surface area contributed by atoms with Crippen LogP contribution in [-0.4, -0.2) is 17.6 Å². The molecule has 1 unspecified atom stereocenters. The lowest BCUT2D eigenvalue weighted by Crippen LogP contribution is -2.11. The third-order valence-corrected chi connectivity index (χ3v) is 2.52. The summed E-state index contributed by atoms with van der Waals surface area (Å²) in [6, 6.07) is 4.77. The van der Waals surface area contributed by atoms with E-state index < -0.39 is 4.92 Å². The van der Waals surface area contributed by atoms with E-state index >= 15 is 0 Å². The Kier molecular flexibility index (Phi) is 5.42. The molecule has 5 heteroatoms. The van der Waals surface area contributed by atoms with Gasteiger partial charge in [-0.15, -0.1) is 0 Å². The highest BCUT2D eigenvalue weighted by Crippen LogP contribution is 2.27. The molecule has 0 heterocycles. The van der Waals surface area contributed by atoms with Gasteiger partial charge in [-0.1, -0.05) is 13.3 Å². The van der Waals surface area contributed by atoms with Crippen LogP contribution in [0.15, 0.2) is 18.2 Å². The Morgan fingerprint density at radius 3 is 2.67 bits per heavy atom. The van der Waals surface area contributed by atoms with Crippen molar-refractivity contribution in [3.63, 3.8) is 0 Å². The fraction of sp³-hybridized carbons (Fsp3) is 0.538. The maximum absolute atomic E-state index is 10.8. The first kappa shape index (κ1) is 14.3. The number of non-ortho nitro benzene ring substituents is 1. The molecule has 1 aromatic rings. The van der Waals surface area contributed by atoms with Crippen LogP contribution in [0.1, 0.15) is 33.6 Å². The zero-order valence-corrected chi connectivity index (χ0v) is 11.1. The first-order valence-corrected chi connectivity index (χ1v) is 6.26. The summed E-state index contributed by atoms with van der Waals surface area (Å²) in [5, 5.41) is 13.9. The Bertz CT molecular complexity index is 407. The van der Waals surface area contributed by atoms with Crippen molar-refractivity contribution in [3.8, 4) is 5.75 Å². The normalized spacial score (nSPS) is 11.9. The smallest absolute Gasteiger partial charge is 0.275 e. The fourth-order valence-electron chi connectivity index (χ4n) is 1.76. The lowest BCUT2D eigenvalue weighted by molar-refractivity contribution is -0.384. The van der Waals surface area contributed by atoms with Crippen molar-refractivity contribution in [2.24, 2.45) is 0 Å². The number of rotatable bonds is 7. The highest BCUT2D eigenvalue weighted by atomic mass is 16.6. The average molecular weight is 252 g/mol. The van der Waals surface area contributed by atoms with Gasteiger partial charge in [-0.05, 0) is 20.3 Å². The summed E-state index contributed by atoms with van der Waals surface area (Å²) >= 11 is 0. The minimum Gasteiger partial charge on any atom is -0.490 e. The second kappa shape index (κ2) is 6.83. The molecule has 0 aliphatic carbocycles. The molecule has 0 radical (unpaired) electrons. The molecule has 1 atom stereocenters. The van der Waals surface area contributed by atoms with Crippen molar-refractivity contribution < 1.29 is 9.66 Å². The van der Waals surface area contributed by atoms with Gasteiger partial charge >= 0.3 is 0 Å². The molecule has 0 aromatic heterocycles. The molecule has 1 rings (SSSR count). The van der Waals surface area contributed by atoms with Crippen LogP contribution in [0.3, 0.4) is 0 Å². The van der Waals surface area contributed by atoms with E-state index in [2.05, 4.69) is 12.2 Å². The molecule has 0 bridgehead atoms. The van der Waals surface area contributed by atoms with Crippen LogP contribution in [0.2, 0.25) is 0 Å². The van der Waals surface area contributed by atoms with E-state index in [0.717, 1.165) is 12.8 Å². The fourth-order valence-corrected chi connectivity index (χ4v) is 1.76. The van der Waals surface area contributed by atoms with Crippen LogP contribution in [0.4, 0.5) is 11.4 Å². The van der Waals surface area contributed by atoms with Gasteiger partial charge in [0.15, 0.2) is 0 Å². The number of hydrogen-bond acceptors (Lipinski definition) is 4. The molecule has 0 aliphatic rings. The van der Waals surface area contributed by atoms with Gasteiger partial charge in [-0.2, -0.15) is 0 Å². The third-order valence-electron chi connectivity index (χ3n) is 2.52. The maximum Gasteiger partial charge on any atom is 0.275 e. The molecular weight excluding hydrogens is 232 g/mol. The van der Waals surface area contributed by atoms with Gasteiger partial charge in [-0.3, -0.25) is 10.1 Å². The summed E-state index contributed by atoms with van der Waals surface area (Å²) in [4.78, 5) is 10.4. The lowest BCUT2D eigenvalue weighted by atomic mass is 10.2. The topological polar surface area (TPSA) is 64.4 Å². The van der Waals surface area contributed by atoms with E-state index in [4.69, 9.17) is 4.74 Å². The standard InChI is InChI=1S/C13H20N2O3/c1-4-6-10(3)18-13-8-11(14-5-2)7-12(9-13)15(16)17/h7-10,14H,4-6H2,1-3H3. The van der Waals surface area contributed by atoms with Crippen molar-refractivity contribution in [2.45, 2.75) is 39.7 Å². The van der Waals surface area contributed by atoms with E-state index in [1.165, 1.54) is 12.1 Å². The third kappa shape index (κ3) is 4.24. The summed E-state index contributed by atoms with van der Waals surface area (Å²) in [7, 11) is 0. The Hall–Kier alpha value is -1.78. The van der Waals surface area contributed by atoms with Crippen LogP contribution in [0.25, 0.3) is 0 Å². The minimum atomic E-state index is -0.405. The number of nitrogens with one attached hydrogen (secondary N) is 1. The van der Waals surface area contributed by atoms with Crippen LogP contribution in [-0.2, 0) is 0 Å². The van der Waals surface area contributed by atoms with Crippen LogP contribution >= 0.6 is 0 Å². The van der Waals surface area contributed by atoms with E-state index in [-0.39, 0.29) is 11.8 Å². The van der Waals surface area contributed by atoms with Crippen molar-refractivity contribution in [3.05, 3.63) is 28.3 Å². The highest BCUT2D eigenvalue weighted by Gasteiger charge is 2.12. The molecule has 5 nitrogen and oxygen atoms in total. The quantitative estimate of drug-likeness (QED) is 0.595. The lowest BCUT2D eigenvalue weighted by Gasteiger charge is -2.14. The van der Waals surface area contributed by atoms with E-state index in [1.807, 2.05) is 13.8 Å². The van der Waals surface area contributed by atoms with Crippen molar-refractivity contribution in [1.29, 1.82) is 0 Å². The number of nitro benzene ring substituents is 1. The number of hydrogen-bond donors (Lipinski definition) is 1. The number of benzene rings is 1. The van der Waals surface area contributed by atoms with Gasteiger partial charge in [0.05, 0.1) is 17.1 Å². The molecular formula is C13H20N2O3. The summed E-state index contributed by atoms with van der Waals surface area (Å²) in [5.74, 6) is 0.543. The van der Waals surface area contributed by atoms with Gasteiger partial charge in [0, 0.05) is 24.4 Å². The molecule has 0 saturated heterocycles. The maximum atomic E-state index is 10.8. The van der Waals surface area contributed by atoms with Crippen LogP contribution < -0.4 is 10.1 Å². The molecule has 0 fully saturated rings. The molecule has 0 amide bonds. The number of anilines is 1. The number of nitrogens with zero attached hydrogens (tertiary/aromatic N) is 1. The Balaban J connectivity index is 2.91. The van der Waals surface area contributed by atoms with E-state index in [9.17, 15) is 10.1 Å². The molecule has 0 aliphatic heterocycles. The van der Waals surface area contributed by atoms with Crippen molar-refractivity contribution in [1.82, 2.24) is 0 Å². The monoisotopic (exact) mass is 252 g/mol. The predicted molar refractivity (Wildman–Crippen MR) is 72.3 cm³/mol. The minimum absolute atomic E-state index is 0.0483. The van der Waals surface area contributed by atoms with Crippen molar-refractivity contribution >= 4 is 11.4 Å². The number of ether oxygens (including phenoxy) is 1. The SMILES string of the molecule is CCCC(C)Oc1cc(NCC)cc([N+](=O)[O-])c1. The van der Waals surface area contributed by atoms with E-state index in [1.54, 1.807) is 6.07 Å². The molecule has 1 N–H and O–H groups in total. The first-order valence-electron chi connectivity index (χ1n) is 6.26. The Morgan fingerprint density at radius 2 is 2.11 bits per heavy atom. The zero-order chi connectivity index (χ0) is 13.5. The zero-order valence-electron chi connectivity index (χ0n) is 11.1. The first-order chi connectivity index (χ1) is 8.56. The second-order valence-electron chi connectivity index (χ2n) is 4.22. The van der Waals surface area contributed by atoms with Gasteiger partial charge in [0.2, 0.25) is 0 Å². The second-order valence-corrected chi connectivity index (χ2v) is 4.22. The van der Waals surface area contributed by atoms with Gasteiger partial charge in [0.1, 0.15) is 5.75 Å². The summed E-state index contributed by atoms with van der Waals surface area (Å²) in [6.45, 7) is 6.71. The average Bonchev–Trinajstić information content (AvgIpc) is 2.29. The molecule has 100 valence electrons.